The number of pyridine rings is 1. The second kappa shape index (κ2) is 4.81. The van der Waals surface area contributed by atoms with Gasteiger partial charge in [0, 0.05) is 24.4 Å². The van der Waals surface area contributed by atoms with Crippen LogP contribution in [-0.2, 0) is 6.42 Å². The predicted octanol–water partition coefficient (Wildman–Crippen LogP) is 2.59. The minimum absolute atomic E-state index is 0.855. The van der Waals surface area contributed by atoms with Gasteiger partial charge in [0.2, 0.25) is 4.96 Å². The number of hydrogen-bond acceptors (Lipinski definition) is 5. The molecular formula is C12H13N5S. The fourth-order valence-corrected chi connectivity index (χ4v) is 2.62. The highest BCUT2D eigenvalue weighted by atomic mass is 32.1. The summed E-state index contributed by atoms with van der Waals surface area (Å²) in [6, 6.07) is 3.91. The van der Waals surface area contributed by atoms with Gasteiger partial charge in [0.05, 0.1) is 0 Å². The van der Waals surface area contributed by atoms with Crippen LogP contribution < -0.4 is 0 Å². The Morgan fingerprint density at radius 1 is 1.22 bits per heavy atom. The van der Waals surface area contributed by atoms with Crippen LogP contribution >= 0.6 is 11.3 Å². The lowest BCUT2D eigenvalue weighted by atomic mass is 10.2. The lowest BCUT2D eigenvalue weighted by Crippen LogP contribution is -1.96. The molecule has 0 unspecified atom stereocenters. The van der Waals surface area contributed by atoms with Crippen LogP contribution in [0.4, 0.5) is 0 Å². The van der Waals surface area contributed by atoms with Crippen LogP contribution in [0.3, 0.4) is 0 Å². The fourth-order valence-electron chi connectivity index (χ4n) is 1.76. The molecular weight excluding hydrogens is 246 g/mol. The molecule has 3 aromatic rings. The summed E-state index contributed by atoms with van der Waals surface area (Å²) >= 11 is 1.56. The van der Waals surface area contributed by atoms with Crippen LogP contribution in [0.1, 0.15) is 25.6 Å². The van der Waals surface area contributed by atoms with Gasteiger partial charge in [-0.25, -0.2) is 0 Å². The Hall–Kier alpha value is -1.82. The maximum Gasteiger partial charge on any atom is 0.234 e. The summed E-state index contributed by atoms with van der Waals surface area (Å²) < 4.78 is 1.86. The molecule has 0 aliphatic heterocycles. The van der Waals surface area contributed by atoms with E-state index in [2.05, 4.69) is 27.2 Å². The highest BCUT2D eigenvalue weighted by Gasteiger charge is 2.12. The average molecular weight is 259 g/mol. The minimum Gasteiger partial charge on any atom is -0.265 e. The molecule has 0 saturated carbocycles. The van der Waals surface area contributed by atoms with E-state index in [-0.39, 0.29) is 0 Å². The predicted molar refractivity (Wildman–Crippen MR) is 70.5 cm³/mol. The largest absolute Gasteiger partial charge is 0.265 e. The molecule has 3 heterocycles. The van der Waals surface area contributed by atoms with Crippen molar-refractivity contribution in [2.24, 2.45) is 0 Å². The Morgan fingerprint density at radius 2 is 2.06 bits per heavy atom. The fraction of sp³-hybridized carbons (Fsp3) is 0.333. The first-order valence-corrected chi connectivity index (χ1v) is 6.81. The number of nitrogens with zero attached hydrogens (tertiary/aromatic N) is 5. The van der Waals surface area contributed by atoms with E-state index in [1.807, 2.05) is 16.6 Å². The van der Waals surface area contributed by atoms with Gasteiger partial charge in [0.15, 0.2) is 5.82 Å². The Labute approximate surface area is 109 Å². The minimum atomic E-state index is 0.855. The normalized spacial score (nSPS) is 11.2. The zero-order valence-corrected chi connectivity index (χ0v) is 10.9. The van der Waals surface area contributed by atoms with Gasteiger partial charge < -0.3 is 0 Å². The zero-order chi connectivity index (χ0) is 12.4. The lowest BCUT2D eigenvalue weighted by molar-refractivity contribution is 0.723. The molecule has 0 bridgehead atoms. The molecule has 0 spiro atoms. The molecule has 0 aliphatic carbocycles. The van der Waals surface area contributed by atoms with E-state index in [0.717, 1.165) is 40.6 Å². The van der Waals surface area contributed by atoms with Crippen molar-refractivity contribution >= 4 is 16.3 Å². The molecule has 0 amide bonds. The molecule has 0 saturated heterocycles. The SMILES string of the molecule is CCCCc1nnc2sc(-c3ccncc3)nn12. The van der Waals surface area contributed by atoms with Crippen molar-refractivity contribution in [3.05, 3.63) is 30.4 Å². The zero-order valence-electron chi connectivity index (χ0n) is 10.1. The molecule has 6 heteroatoms. The third kappa shape index (κ3) is 1.99. The van der Waals surface area contributed by atoms with Gasteiger partial charge in [-0.15, -0.1) is 10.2 Å². The quantitative estimate of drug-likeness (QED) is 0.722. The summed E-state index contributed by atoms with van der Waals surface area (Å²) in [7, 11) is 0. The van der Waals surface area contributed by atoms with Crippen LogP contribution in [0.5, 0.6) is 0 Å². The second-order valence-corrected chi connectivity index (χ2v) is 5.01. The summed E-state index contributed by atoms with van der Waals surface area (Å²) in [5.74, 6) is 0.948. The Bertz CT molecular complexity index is 643. The average Bonchev–Trinajstić information content (AvgIpc) is 2.98. The van der Waals surface area contributed by atoms with E-state index in [0.29, 0.717) is 0 Å². The monoisotopic (exact) mass is 259 g/mol. The highest BCUT2D eigenvalue weighted by molar-refractivity contribution is 7.19. The molecule has 0 atom stereocenters. The second-order valence-electron chi connectivity index (χ2n) is 4.06. The van der Waals surface area contributed by atoms with Crippen LogP contribution in [-0.4, -0.2) is 24.8 Å². The Balaban J connectivity index is 1.99. The van der Waals surface area contributed by atoms with Crippen molar-refractivity contribution in [2.75, 3.05) is 0 Å². The summed E-state index contributed by atoms with van der Waals surface area (Å²) in [6.07, 6.45) is 6.74. The van der Waals surface area contributed by atoms with Gasteiger partial charge >= 0.3 is 0 Å². The number of aryl methyl sites for hydroxylation is 1. The first kappa shape index (κ1) is 11.3. The number of aromatic nitrogens is 5. The van der Waals surface area contributed by atoms with Crippen molar-refractivity contribution < 1.29 is 0 Å². The molecule has 3 rings (SSSR count). The highest BCUT2D eigenvalue weighted by Crippen LogP contribution is 2.24. The number of hydrogen-bond donors (Lipinski definition) is 0. The number of fused-ring (bicyclic) bond motifs is 1. The van der Waals surface area contributed by atoms with E-state index < -0.39 is 0 Å². The molecule has 0 N–H and O–H groups in total. The van der Waals surface area contributed by atoms with E-state index in [1.54, 1.807) is 23.7 Å². The standard InChI is InChI=1S/C12H13N5S/c1-2-3-4-10-14-15-12-17(10)16-11(18-12)9-5-7-13-8-6-9/h5-8H,2-4H2,1H3. The molecule has 0 radical (unpaired) electrons. The summed E-state index contributed by atoms with van der Waals surface area (Å²) in [6.45, 7) is 2.17. The van der Waals surface area contributed by atoms with Crippen LogP contribution in [0.25, 0.3) is 15.5 Å². The Kier molecular flexibility index (Phi) is 3.02. The summed E-state index contributed by atoms with van der Waals surface area (Å²) in [5.41, 5.74) is 1.07. The van der Waals surface area contributed by atoms with E-state index in [1.165, 1.54) is 0 Å². The molecule has 0 aliphatic rings. The van der Waals surface area contributed by atoms with Crippen molar-refractivity contribution in [1.29, 1.82) is 0 Å². The van der Waals surface area contributed by atoms with Gasteiger partial charge in [-0.2, -0.15) is 9.61 Å². The summed E-state index contributed by atoms with van der Waals surface area (Å²) in [5, 5.41) is 13.9. The molecule has 5 nitrogen and oxygen atoms in total. The Morgan fingerprint density at radius 3 is 2.83 bits per heavy atom. The van der Waals surface area contributed by atoms with Crippen LogP contribution in [0, 0.1) is 0 Å². The molecule has 3 aromatic heterocycles. The van der Waals surface area contributed by atoms with Gasteiger partial charge in [0.25, 0.3) is 0 Å². The first-order chi connectivity index (χ1) is 8.88. The van der Waals surface area contributed by atoms with E-state index in [4.69, 9.17) is 0 Å². The van der Waals surface area contributed by atoms with Crippen molar-refractivity contribution in [1.82, 2.24) is 24.8 Å². The topological polar surface area (TPSA) is 56.0 Å². The lowest BCUT2D eigenvalue weighted by Gasteiger charge is -1.94. The van der Waals surface area contributed by atoms with Crippen molar-refractivity contribution in [3.8, 4) is 10.6 Å². The van der Waals surface area contributed by atoms with E-state index >= 15 is 0 Å². The number of unbranched alkanes of at least 4 members (excludes halogenated alkanes) is 1. The molecule has 92 valence electrons. The van der Waals surface area contributed by atoms with Crippen molar-refractivity contribution in [2.45, 2.75) is 26.2 Å². The van der Waals surface area contributed by atoms with Gasteiger partial charge in [-0.1, -0.05) is 24.7 Å². The van der Waals surface area contributed by atoms with Gasteiger partial charge in [0.1, 0.15) is 5.01 Å². The molecule has 0 fully saturated rings. The van der Waals surface area contributed by atoms with Crippen molar-refractivity contribution in [3.63, 3.8) is 0 Å². The third-order valence-electron chi connectivity index (χ3n) is 2.74. The first-order valence-electron chi connectivity index (χ1n) is 6.00. The maximum absolute atomic E-state index is 4.58. The van der Waals surface area contributed by atoms with Crippen LogP contribution in [0.15, 0.2) is 24.5 Å². The molecule has 0 aromatic carbocycles. The molecule has 18 heavy (non-hydrogen) atoms. The smallest absolute Gasteiger partial charge is 0.234 e. The number of rotatable bonds is 4. The van der Waals surface area contributed by atoms with Crippen LogP contribution in [0.2, 0.25) is 0 Å². The maximum atomic E-state index is 4.58. The van der Waals surface area contributed by atoms with Gasteiger partial charge in [-0.3, -0.25) is 4.98 Å². The van der Waals surface area contributed by atoms with Gasteiger partial charge in [-0.05, 0) is 18.6 Å². The third-order valence-corrected chi connectivity index (χ3v) is 3.68. The summed E-state index contributed by atoms with van der Waals surface area (Å²) in [4.78, 5) is 4.87. The van der Waals surface area contributed by atoms with E-state index in [9.17, 15) is 0 Å².